The van der Waals surface area contributed by atoms with Gasteiger partial charge in [-0.25, -0.2) is 4.98 Å². The van der Waals surface area contributed by atoms with E-state index < -0.39 is 11.7 Å². The van der Waals surface area contributed by atoms with Crippen LogP contribution in [0, 0.1) is 6.92 Å². The number of hydrogen-bond acceptors (Lipinski definition) is 5. The summed E-state index contributed by atoms with van der Waals surface area (Å²) < 4.78 is 41.8. The molecule has 1 atom stereocenters. The van der Waals surface area contributed by atoms with Crippen molar-refractivity contribution in [1.29, 1.82) is 0 Å². The average molecular weight is 423 g/mol. The molecule has 2 aromatic heterocycles. The number of carbonyl (C=O) groups excluding carboxylic acids is 1. The summed E-state index contributed by atoms with van der Waals surface area (Å²) in [5, 5.41) is 7.75. The first kappa shape index (κ1) is 19.7. The second kappa shape index (κ2) is 7.33. The number of alkyl halides is 3. The van der Waals surface area contributed by atoms with E-state index in [1.165, 1.54) is 22.1 Å². The summed E-state index contributed by atoms with van der Waals surface area (Å²) in [6, 6.07) is 5.73. The fraction of sp³-hybridized carbons (Fsp3) is 0.421. The number of aryl methyl sites for hydroxylation is 2. The van der Waals surface area contributed by atoms with Crippen molar-refractivity contribution in [3.8, 4) is 0 Å². The minimum absolute atomic E-state index is 0.0171. The number of para-hydroxylation sites is 1. The Hall–Kier alpha value is -2.62. The molecular formula is C19H20F3N5OS. The van der Waals surface area contributed by atoms with Gasteiger partial charge in [0.05, 0.1) is 21.5 Å². The molecule has 0 aliphatic carbocycles. The Bertz CT molecular complexity index is 1060. The monoisotopic (exact) mass is 423 g/mol. The Balaban J connectivity index is 1.53. The average Bonchev–Trinajstić information content (AvgIpc) is 3.23. The van der Waals surface area contributed by atoms with Crippen LogP contribution < -0.4 is 10.2 Å². The highest BCUT2D eigenvalue weighted by Gasteiger charge is 2.34. The van der Waals surface area contributed by atoms with Crippen LogP contribution in [-0.4, -0.2) is 39.8 Å². The SMILES string of the molecule is Cc1cc(C(=O)NC2CCCN(c3nc4c(C(F)(F)F)cccc4s3)C2)n(C)n1. The van der Waals surface area contributed by atoms with E-state index in [0.29, 0.717) is 28.6 Å². The number of rotatable bonds is 3. The molecule has 154 valence electrons. The van der Waals surface area contributed by atoms with Crippen molar-refractivity contribution in [3.05, 3.63) is 41.2 Å². The first-order valence-corrected chi connectivity index (χ1v) is 10.1. The zero-order valence-electron chi connectivity index (χ0n) is 16.0. The molecule has 3 heterocycles. The maximum atomic E-state index is 13.3. The first-order valence-electron chi connectivity index (χ1n) is 9.25. The summed E-state index contributed by atoms with van der Waals surface area (Å²) in [5.74, 6) is -0.205. The number of halogens is 3. The Labute approximate surface area is 169 Å². The molecule has 1 amide bonds. The second-order valence-electron chi connectivity index (χ2n) is 7.20. The molecular weight excluding hydrogens is 403 g/mol. The van der Waals surface area contributed by atoms with Crippen LogP contribution in [0.5, 0.6) is 0 Å². The van der Waals surface area contributed by atoms with Crippen molar-refractivity contribution in [2.75, 3.05) is 18.0 Å². The third-order valence-corrected chi connectivity index (χ3v) is 6.06. The molecule has 1 fully saturated rings. The molecule has 1 saturated heterocycles. The van der Waals surface area contributed by atoms with Crippen LogP contribution in [0.25, 0.3) is 10.2 Å². The number of nitrogens with one attached hydrogen (secondary N) is 1. The number of carbonyl (C=O) groups is 1. The van der Waals surface area contributed by atoms with Gasteiger partial charge >= 0.3 is 6.18 Å². The van der Waals surface area contributed by atoms with E-state index in [1.54, 1.807) is 19.2 Å². The molecule has 4 rings (SSSR count). The number of thiazole rings is 1. The van der Waals surface area contributed by atoms with Crippen molar-refractivity contribution < 1.29 is 18.0 Å². The van der Waals surface area contributed by atoms with Crippen LogP contribution in [0.15, 0.2) is 24.3 Å². The summed E-state index contributed by atoms with van der Waals surface area (Å²) >= 11 is 1.25. The third-order valence-electron chi connectivity index (χ3n) is 4.97. The lowest BCUT2D eigenvalue weighted by Crippen LogP contribution is -2.48. The number of amides is 1. The molecule has 1 unspecified atom stereocenters. The van der Waals surface area contributed by atoms with Crippen molar-refractivity contribution >= 4 is 32.6 Å². The number of aromatic nitrogens is 3. The number of hydrogen-bond donors (Lipinski definition) is 1. The summed E-state index contributed by atoms with van der Waals surface area (Å²) in [5.41, 5.74) is 0.509. The molecule has 6 nitrogen and oxygen atoms in total. The fourth-order valence-electron chi connectivity index (χ4n) is 3.65. The van der Waals surface area contributed by atoms with Gasteiger partial charge in [0.15, 0.2) is 5.13 Å². The van der Waals surface area contributed by atoms with Gasteiger partial charge in [-0.2, -0.15) is 18.3 Å². The minimum Gasteiger partial charge on any atom is -0.346 e. The Morgan fingerprint density at radius 1 is 1.34 bits per heavy atom. The summed E-state index contributed by atoms with van der Waals surface area (Å²) in [7, 11) is 1.72. The topological polar surface area (TPSA) is 63.1 Å². The van der Waals surface area contributed by atoms with E-state index in [1.807, 2.05) is 11.8 Å². The minimum atomic E-state index is -4.44. The van der Waals surface area contributed by atoms with Crippen molar-refractivity contribution in [1.82, 2.24) is 20.1 Å². The highest BCUT2D eigenvalue weighted by molar-refractivity contribution is 7.22. The van der Waals surface area contributed by atoms with Crippen molar-refractivity contribution in [2.24, 2.45) is 7.05 Å². The highest BCUT2D eigenvalue weighted by Crippen LogP contribution is 2.38. The number of benzene rings is 1. The van der Waals surface area contributed by atoms with Gasteiger partial charge in [-0.05, 0) is 38.0 Å². The van der Waals surface area contributed by atoms with E-state index in [0.717, 1.165) is 24.6 Å². The molecule has 0 saturated carbocycles. The number of nitrogens with zero attached hydrogens (tertiary/aromatic N) is 4. The zero-order chi connectivity index (χ0) is 20.8. The summed E-state index contributed by atoms with van der Waals surface area (Å²) in [6.07, 6.45) is -2.82. The van der Waals surface area contributed by atoms with Gasteiger partial charge in [0, 0.05) is 26.2 Å². The van der Waals surface area contributed by atoms with E-state index >= 15 is 0 Å². The van der Waals surface area contributed by atoms with E-state index in [2.05, 4.69) is 15.4 Å². The van der Waals surface area contributed by atoms with Gasteiger partial charge in [0.1, 0.15) is 5.69 Å². The van der Waals surface area contributed by atoms with Gasteiger partial charge in [0.25, 0.3) is 5.91 Å². The van der Waals surface area contributed by atoms with E-state index in [9.17, 15) is 18.0 Å². The molecule has 1 aliphatic rings. The molecule has 0 radical (unpaired) electrons. The van der Waals surface area contributed by atoms with Crippen LogP contribution >= 0.6 is 11.3 Å². The van der Waals surface area contributed by atoms with Gasteiger partial charge < -0.3 is 10.2 Å². The molecule has 0 spiro atoms. The Morgan fingerprint density at radius 2 is 2.14 bits per heavy atom. The quantitative estimate of drug-likeness (QED) is 0.697. The van der Waals surface area contributed by atoms with Crippen LogP contribution in [0.4, 0.5) is 18.3 Å². The lowest BCUT2D eigenvalue weighted by molar-refractivity contribution is -0.136. The van der Waals surface area contributed by atoms with Crippen molar-refractivity contribution in [3.63, 3.8) is 0 Å². The smallest absolute Gasteiger partial charge is 0.346 e. The molecule has 1 N–H and O–H groups in total. The third kappa shape index (κ3) is 3.93. The highest BCUT2D eigenvalue weighted by atomic mass is 32.1. The predicted octanol–water partition coefficient (Wildman–Crippen LogP) is 3.76. The van der Waals surface area contributed by atoms with Crippen LogP contribution in [0.2, 0.25) is 0 Å². The van der Waals surface area contributed by atoms with Crippen molar-refractivity contribution in [2.45, 2.75) is 32.0 Å². The maximum Gasteiger partial charge on any atom is 0.418 e. The Morgan fingerprint density at radius 3 is 2.83 bits per heavy atom. The van der Waals surface area contributed by atoms with Crippen LogP contribution in [-0.2, 0) is 13.2 Å². The maximum absolute atomic E-state index is 13.3. The number of anilines is 1. The second-order valence-corrected chi connectivity index (χ2v) is 8.21. The number of piperidine rings is 1. The fourth-order valence-corrected chi connectivity index (χ4v) is 4.68. The number of fused-ring (bicyclic) bond motifs is 1. The Kier molecular flexibility index (Phi) is 4.97. The van der Waals surface area contributed by atoms with E-state index in [-0.39, 0.29) is 17.5 Å². The molecule has 29 heavy (non-hydrogen) atoms. The lowest BCUT2D eigenvalue weighted by Gasteiger charge is -2.32. The molecule has 0 bridgehead atoms. The predicted molar refractivity (Wildman–Crippen MR) is 105 cm³/mol. The normalized spacial score (nSPS) is 17.7. The van der Waals surface area contributed by atoms with Crippen LogP contribution in [0.1, 0.15) is 34.6 Å². The molecule has 3 aromatic rings. The van der Waals surface area contributed by atoms with Gasteiger partial charge in [-0.3, -0.25) is 9.48 Å². The lowest BCUT2D eigenvalue weighted by atomic mass is 10.1. The standard InChI is InChI=1S/C19H20F3N5OS/c1-11-9-14(26(2)25-11)17(28)23-12-5-4-8-27(10-12)18-24-16-13(19(20,21)22)6-3-7-15(16)29-18/h3,6-7,9,12H,4-5,8,10H2,1-2H3,(H,23,28). The van der Waals surface area contributed by atoms with E-state index in [4.69, 9.17) is 0 Å². The van der Waals surface area contributed by atoms with Gasteiger partial charge in [-0.1, -0.05) is 17.4 Å². The first-order chi connectivity index (χ1) is 13.7. The van der Waals surface area contributed by atoms with Crippen LogP contribution in [0.3, 0.4) is 0 Å². The molecule has 10 heteroatoms. The van der Waals surface area contributed by atoms with Gasteiger partial charge in [-0.15, -0.1) is 0 Å². The largest absolute Gasteiger partial charge is 0.418 e. The van der Waals surface area contributed by atoms with Gasteiger partial charge in [0.2, 0.25) is 0 Å². The molecule has 1 aromatic carbocycles. The zero-order valence-corrected chi connectivity index (χ0v) is 16.8. The summed E-state index contributed by atoms with van der Waals surface area (Å²) in [4.78, 5) is 18.8. The summed E-state index contributed by atoms with van der Waals surface area (Å²) in [6.45, 7) is 3.02. The molecule has 1 aliphatic heterocycles.